The molecule has 2 aromatic rings. The predicted octanol–water partition coefficient (Wildman–Crippen LogP) is 2.99. The van der Waals surface area contributed by atoms with E-state index in [0.717, 1.165) is 0 Å². The first-order valence-electron chi connectivity index (χ1n) is 5.44. The van der Waals surface area contributed by atoms with Gasteiger partial charge >= 0.3 is 6.03 Å². The highest BCUT2D eigenvalue weighted by molar-refractivity contribution is 6.35. The Balaban J connectivity index is 1.99. The molecule has 8 heteroatoms. The minimum Gasteiger partial charge on any atom is -0.328 e. The molecule has 0 aliphatic carbocycles. The van der Waals surface area contributed by atoms with Gasteiger partial charge in [0.25, 0.3) is 0 Å². The summed E-state index contributed by atoms with van der Waals surface area (Å²) in [7, 11) is 0. The number of rotatable bonds is 3. The molecule has 0 aliphatic rings. The number of nitrogens with zero attached hydrogens (tertiary/aromatic N) is 2. The van der Waals surface area contributed by atoms with E-state index >= 15 is 0 Å². The summed E-state index contributed by atoms with van der Waals surface area (Å²) >= 11 is 11.8. The summed E-state index contributed by atoms with van der Waals surface area (Å²) < 4.78 is 0. The van der Waals surface area contributed by atoms with E-state index in [0.29, 0.717) is 21.6 Å². The van der Waals surface area contributed by atoms with Crippen LogP contribution in [0.25, 0.3) is 0 Å². The minimum absolute atomic E-state index is 0.305. The van der Waals surface area contributed by atoms with Gasteiger partial charge in [-0.05, 0) is 25.1 Å². The zero-order valence-corrected chi connectivity index (χ0v) is 11.5. The van der Waals surface area contributed by atoms with E-state index in [1.165, 1.54) is 6.33 Å². The van der Waals surface area contributed by atoms with Crippen LogP contribution in [-0.4, -0.2) is 21.2 Å². The summed E-state index contributed by atoms with van der Waals surface area (Å²) in [4.78, 5) is 15.7. The second kappa shape index (κ2) is 5.90. The number of anilines is 1. The van der Waals surface area contributed by atoms with Crippen molar-refractivity contribution in [2.24, 2.45) is 0 Å². The van der Waals surface area contributed by atoms with Gasteiger partial charge < -0.3 is 10.6 Å². The number of hydrogen-bond acceptors (Lipinski definition) is 3. The lowest BCUT2D eigenvalue weighted by Crippen LogP contribution is -2.31. The fourth-order valence-corrected chi connectivity index (χ4v) is 1.78. The molecule has 0 aliphatic heterocycles. The Morgan fingerprint density at radius 2 is 2.21 bits per heavy atom. The quantitative estimate of drug-likeness (QED) is 0.815. The van der Waals surface area contributed by atoms with Crippen molar-refractivity contribution < 1.29 is 4.79 Å². The number of halogens is 2. The Labute approximate surface area is 119 Å². The maximum atomic E-state index is 11.8. The van der Waals surface area contributed by atoms with Gasteiger partial charge in [0.05, 0.1) is 16.8 Å². The van der Waals surface area contributed by atoms with E-state index < -0.39 is 6.03 Å². The molecule has 0 saturated heterocycles. The van der Waals surface area contributed by atoms with Crippen molar-refractivity contribution in [3.63, 3.8) is 0 Å². The molecule has 6 nitrogen and oxygen atoms in total. The van der Waals surface area contributed by atoms with Crippen LogP contribution < -0.4 is 10.6 Å². The van der Waals surface area contributed by atoms with Crippen molar-refractivity contribution in [2.75, 3.05) is 5.32 Å². The first-order valence-corrected chi connectivity index (χ1v) is 6.19. The van der Waals surface area contributed by atoms with Gasteiger partial charge in [-0.25, -0.2) is 9.78 Å². The molecule has 2 amide bonds. The Hall–Kier alpha value is -1.79. The lowest BCUT2D eigenvalue weighted by molar-refractivity contribution is 0.249. The molecule has 1 aromatic carbocycles. The number of aromatic nitrogens is 3. The fourth-order valence-electron chi connectivity index (χ4n) is 1.44. The predicted molar refractivity (Wildman–Crippen MR) is 73.4 cm³/mol. The normalized spacial score (nSPS) is 11.9. The third-order valence-electron chi connectivity index (χ3n) is 2.37. The first kappa shape index (κ1) is 13.6. The van der Waals surface area contributed by atoms with E-state index in [1.54, 1.807) is 25.1 Å². The van der Waals surface area contributed by atoms with Gasteiger partial charge in [0.15, 0.2) is 0 Å². The van der Waals surface area contributed by atoms with E-state index in [-0.39, 0.29) is 6.04 Å². The number of carbonyl (C=O) groups is 1. The van der Waals surface area contributed by atoms with Crippen molar-refractivity contribution in [2.45, 2.75) is 13.0 Å². The van der Waals surface area contributed by atoms with Crippen molar-refractivity contribution in [1.29, 1.82) is 0 Å². The molecule has 3 N–H and O–H groups in total. The molecule has 19 heavy (non-hydrogen) atoms. The van der Waals surface area contributed by atoms with E-state index in [1.807, 2.05) is 0 Å². The second-order valence-electron chi connectivity index (χ2n) is 3.82. The smallest absolute Gasteiger partial charge is 0.319 e. The van der Waals surface area contributed by atoms with Gasteiger partial charge in [-0.3, -0.25) is 5.10 Å². The van der Waals surface area contributed by atoms with Gasteiger partial charge in [0, 0.05) is 5.02 Å². The highest BCUT2D eigenvalue weighted by Gasteiger charge is 2.13. The Morgan fingerprint density at radius 3 is 2.89 bits per heavy atom. The number of carbonyl (C=O) groups excluding carboxylic acids is 1. The molecule has 1 atom stereocenters. The molecule has 100 valence electrons. The standard InChI is InChI=1S/C11H11Cl2N5O/c1-6(10-14-5-15-18-10)16-11(19)17-9-4-7(12)2-3-8(9)13/h2-6H,1H3,(H,14,15,18)(H2,16,17,19). The van der Waals surface area contributed by atoms with Crippen LogP contribution in [0.2, 0.25) is 10.0 Å². The van der Waals surface area contributed by atoms with Gasteiger partial charge in [0.2, 0.25) is 0 Å². The average Bonchev–Trinajstić information content (AvgIpc) is 2.87. The maximum Gasteiger partial charge on any atom is 0.319 e. The number of benzene rings is 1. The first-order chi connectivity index (χ1) is 9.06. The van der Waals surface area contributed by atoms with Crippen LogP contribution in [0.5, 0.6) is 0 Å². The monoisotopic (exact) mass is 299 g/mol. The SMILES string of the molecule is CC(NC(=O)Nc1cc(Cl)ccc1Cl)c1ncn[nH]1. The Bertz CT molecular complexity index is 572. The minimum atomic E-state index is -0.409. The molecular formula is C11H11Cl2N5O. The second-order valence-corrected chi connectivity index (χ2v) is 4.66. The van der Waals surface area contributed by atoms with Gasteiger partial charge in [-0.2, -0.15) is 5.10 Å². The van der Waals surface area contributed by atoms with Crippen LogP contribution in [-0.2, 0) is 0 Å². The molecular weight excluding hydrogens is 289 g/mol. The van der Waals surface area contributed by atoms with Crippen LogP contribution in [0.4, 0.5) is 10.5 Å². The number of urea groups is 1. The molecule has 1 heterocycles. The molecule has 0 spiro atoms. The van der Waals surface area contributed by atoms with E-state index in [9.17, 15) is 4.79 Å². The van der Waals surface area contributed by atoms with Crippen molar-refractivity contribution in [1.82, 2.24) is 20.5 Å². The molecule has 0 saturated carbocycles. The number of amides is 2. The summed E-state index contributed by atoms with van der Waals surface area (Å²) in [6.45, 7) is 1.78. The van der Waals surface area contributed by atoms with E-state index in [2.05, 4.69) is 25.8 Å². The maximum absolute atomic E-state index is 11.8. The van der Waals surface area contributed by atoms with Crippen LogP contribution in [0.3, 0.4) is 0 Å². The van der Waals surface area contributed by atoms with E-state index in [4.69, 9.17) is 23.2 Å². The molecule has 0 fully saturated rings. The fraction of sp³-hybridized carbons (Fsp3) is 0.182. The molecule has 0 radical (unpaired) electrons. The topological polar surface area (TPSA) is 82.7 Å². The summed E-state index contributed by atoms with van der Waals surface area (Å²) in [5, 5.41) is 12.6. The highest BCUT2D eigenvalue weighted by atomic mass is 35.5. The zero-order chi connectivity index (χ0) is 13.8. The van der Waals surface area contributed by atoms with Crippen molar-refractivity contribution in [3.05, 3.63) is 40.4 Å². The zero-order valence-electron chi connectivity index (χ0n) is 9.95. The van der Waals surface area contributed by atoms with Crippen molar-refractivity contribution in [3.8, 4) is 0 Å². The summed E-state index contributed by atoms with van der Waals surface area (Å²) in [5.74, 6) is 0.562. The average molecular weight is 300 g/mol. The molecule has 2 rings (SSSR count). The summed E-state index contributed by atoms with van der Waals surface area (Å²) in [5.41, 5.74) is 0.441. The third-order valence-corrected chi connectivity index (χ3v) is 2.93. The number of nitrogens with one attached hydrogen (secondary N) is 3. The van der Waals surface area contributed by atoms with Crippen LogP contribution >= 0.6 is 23.2 Å². The largest absolute Gasteiger partial charge is 0.328 e. The lowest BCUT2D eigenvalue weighted by Gasteiger charge is -2.13. The van der Waals surface area contributed by atoms with Crippen molar-refractivity contribution >= 4 is 34.9 Å². The van der Waals surface area contributed by atoms with Gasteiger partial charge in [0.1, 0.15) is 12.2 Å². The number of hydrogen-bond donors (Lipinski definition) is 3. The van der Waals surface area contributed by atoms with Gasteiger partial charge in [-0.15, -0.1) is 0 Å². The number of aromatic amines is 1. The van der Waals surface area contributed by atoms with Gasteiger partial charge in [-0.1, -0.05) is 23.2 Å². The number of H-pyrrole nitrogens is 1. The lowest BCUT2D eigenvalue weighted by atomic mass is 10.3. The molecule has 0 bridgehead atoms. The summed E-state index contributed by atoms with van der Waals surface area (Å²) in [6, 6.07) is 4.11. The summed E-state index contributed by atoms with van der Waals surface area (Å²) in [6.07, 6.45) is 1.37. The molecule has 1 unspecified atom stereocenters. The third kappa shape index (κ3) is 3.59. The Morgan fingerprint density at radius 1 is 1.42 bits per heavy atom. The highest BCUT2D eigenvalue weighted by Crippen LogP contribution is 2.25. The molecule has 1 aromatic heterocycles. The van der Waals surface area contributed by atoms with Crippen LogP contribution in [0.15, 0.2) is 24.5 Å². The van der Waals surface area contributed by atoms with Crippen LogP contribution in [0, 0.1) is 0 Å². The Kier molecular flexibility index (Phi) is 4.24. The van der Waals surface area contributed by atoms with Crippen LogP contribution in [0.1, 0.15) is 18.8 Å².